The van der Waals surface area contributed by atoms with Crippen LogP contribution in [0.2, 0.25) is 0 Å². The number of nitrogens with zero attached hydrogens (tertiary/aromatic N) is 2. The Bertz CT molecular complexity index is 1180. The fourth-order valence-electron chi connectivity index (χ4n) is 4.72. The van der Waals surface area contributed by atoms with Gasteiger partial charge in [-0.1, -0.05) is 66.7 Å². The predicted molar refractivity (Wildman–Crippen MR) is 121 cm³/mol. The number of anilines is 1. The summed E-state index contributed by atoms with van der Waals surface area (Å²) in [5.41, 5.74) is 2.23. The largest absolute Gasteiger partial charge is 0.396 e. The summed E-state index contributed by atoms with van der Waals surface area (Å²) in [5.74, 6) is -0.486. The summed E-state index contributed by atoms with van der Waals surface area (Å²) in [6.07, 6.45) is 1.81. The first-order chi connectivity index (χ1) is 15.2. The molecule has 0 spiro atoms. The van der Waals surface area contributed by atoms with Crippen molar-refractivity contribution in [3.8, 4) is 0 Å². The summed E-state index contributed by atoms with van der Waals surface area (Å²) in [4.78, 5) is 30.8. The molecular formula is C26H24N2O3. The van der Waals surface area contributed by atoms with Crippen LogP contribution in [-0.2, 0) is 9.59 Å². The molecule has 156 valence electrons. The van der Waals surface area contributed by atoms with E-state index in [0.29, 0.717) is 30.0 Å². The number of rotatable bonds is 4. The van der Waals surface area contributed by atoms with Crippen molar-refractivity contribution in [2.45, 2.75) is 12.8 Å². The van der Waals surface area contributed by atoms with Crippen LogP contribution in [0.4, 0.5) is 5.69 Å². The number of likely N-dealkylation sites (tertiary alicyclic amines) is 1. The molecule has 3 aromatic rings. The minimum Gasteiger partial charge on any atom is -0.396 e. The van der Waals surface area contributed by atoms with Crippen LogP contribution in [0.25, 0.3) is 16.3 Å². The number of aliphatic hydroxyl groups is 1. The van der Waals surface area contributed by atoms with Crippen molar-refractivity contribution in [1.29, 1.82) is 0 Å². The topological polar surface area (TPSA) is 60.9 Å². The molecule has 2 amide bonds. The smallest absolute Gasteiger partial charge is 0.282 e. The summed E-state index contributed by atoms with van der Waals surface area (Å²) in [6.45, 7) is 1.36. The maximum atomic E-state index is 13.8. The predicted octanol–water partition coefficient (Wildman–Crippen LogP) is 3.83. The molecule has 2 aliphatic heterocycles. The van der Waals surface area contributed by atoms with Gasteiger partial charge in [0.1, 0.15) is 5.70 Å². The van der Waals surface area contributed by atoms with Gasteiger partial charge < -0.3 is 10.0 Å². The van der Waals surface area contributed by atoms with Gasteiger partial charge in [0.05, 0.1) is 11.3 Å². The first kappa shape index (κ1) is 19.5. The Kier molecular flexibility index (Phi) is 5.04. The highest BCUT2D eigenvalue weighted by Gasteiger charge is 2.43. The first-order valence-corrected chi connectivity index (χ1v) is 10.7. The molecule has 3 aromatic carbocycles. The van der Waals surface area contributed by atoms with Gasteiger partial charge in [0.25, 0.3) is 11.8 Å². The van der Waals surface area contributed by atoms with Crippen molar-refractivity contribution in [2.24, 2.45) is 5.92 Å². The summed E-state index contributed by atoms with van der Waals surface area (Å²) < 4.78 is 0. The monoisotopic (exact) mass is 412 g/mol. The minimum absolute atomic E-state index is 0.0830. The Hall–Kier alpha value is -3.44. The van der Waals surface area contributed by atoms with Crippen LogP contribution in [0.3, 0.4) is 0 Å². The molecule has 0 radical (unpaired) electrons. The molecular weight excluding hydrogens is 388 g/mol. The van der Waals surface area contributed by atoms with E-state index in [4.69, 9.17) is 0 Å². The molecule has 1 atom stereocenters. The Labute approximate surface area is 181 Å². The summed E-state index contributed by atoms with van der Waals surface area (Å²) in [7, 11) is 0. The van der Waals surface area contributed by atoms with E-state index in [0.717, 1.165) is 29.2 Å². The fraction of sp³-hybridized carbons (Fsp3) is 0.231. The molecule has 1 N–H and O–H groups in total. The quantitative estimate of drug-likeness (QED) is 0.662. The lowest BCUT2D eigenvalue weighted by Crippen LogP contribution is -2.40. The van der Waals surface area contributed by atoms with Gasteiger partial charge in [0.15, 0.2) is 0 Å². The Morgan fingerprint density at radius 1 is 0.871 bits per heavy atom. The molecule has 0 aromatic heterocycles. The standard InChI is InChI=1S/C26H24N2O3/c29-17-18-8-7-15-27(16-18)24-23(20-10-2-1-3-11-20)25(30)28(26(24)31)22-14-6-12-19-9-4-5-13-21(19)22/h1-6,9-14,18,29H,7-8,15-17H2. The number of piperidine rings is 1. The van der Waals surface area contributed by atoms with Crippen molar-refractivity contribution < 1.29 is 14.7 Å². The number of carbonyl (C=O) groups excluding carboxylic acids is 2. The van der Waals surface area contributed by atoms with Crippen molar-refractivity contribution in [1.82, 2.24) is 4.90 Å². The Morgan fingerprint density at radius 2 is 1.61 bits per heavy atom. The number of benzene rings is 3. The molecule has 0 saturated carbocycles. The van der Waals surface area contributed by atoms with E-state index in [9.17, 15) is 14.7 Å². The summed E-state index contributed by atoms with van der Waals surface area (Å²) in [5, 5.41) is 11.5. The average molecular weight is 412 g/mol. The number of imide groups is 1. The Morgan fingerprint density at radius 3 is 2.42 bits per heavy atom. The maximum Gasteiger partial charge on any atom is 0.282 e. The van der Waals surface area contributed by atoms with Crippen LogP contribution in [-0.4, -0.2) is 41.5 Å². The average Bonchev–Trinajstić information content (AvgIpc) is 3.09. The minimum atomic E-state index is -0.298. The molecule has 1 saturated heterocycles. The van der Waals surface area contributed by atoms with Crippen LogP contribution in [0.5, 0.6) is 0 Å². The van der Waals surface area contributed by atoms with E-state index in [-0.39, 0.29) is 24.3 Å². The number of fused-ring (bicyclic) bond motifs is 1. The molecule has 0 aliphatic carbocycles. The summed E-state index contributed by atoms with van der Waals surface area (Å²) >= 11 is 0. The third kappa shape index (κ3) is 3.31. The van der Waals surface area contributed by atoms with Crippen molar-refractivity contribution in [3.63, 3.8) is 0 Å². The molecule has 0 bridgehead atoms. The van der Waals surface area contributed by atoms with E-state index >= 15 is 0 Å². The number of hydrogen-bond donors (Lipinski definition) is 1. The van der Waals surface area contributed by atoms with Gasteiger partial charge in [-0.2, -0.15) is 0 Å². The van der Waals surface area contributed by atoms with Gasteiger partial charge in [-0.3, -0.25) is 9.59 Å². The SMILES string of the molecule is O=C1C(c2ccccc2)=C(N2CCCC(CO)C2)C(=O)N1c1cccc2ccccc12. The van der Waals surface area contributed by atoms with Crippen LogP contribution in [0.1, 0.15) is 18.4 Å². The van der Waals surface area contributed by atoms with Gasteiger partial charge in [0.2, 0.25) is 0 Å². The maximum absolute atomic E-state index is 13.8. The zero-order valence-electron chi connectivity index (χ0n) is 17.2. The molecule has 2 heterocycles. The van der Waals surface area contributed by atoms with Crippen molar-refractivity contribution in [3.05, 3.63) is 84.1 Å². The van der Waals surface area contributed by atoms with Crippen molar-refractivity contribution >= 4 is 33.8 Å². The van der Waals surface area contributed by atoms with Crippen LogP contribution < -0.4 is 4.90 Å². The fourth-order valence-corrected chi connectivity index (χ4v) is 4.72. The lowest BCUT2D eigenvalue weighted by molar-refractivity contribution is -0.120. The lowest BCUT2D eigenvalue weighted by Gasteiger charge is -2.34. The van der Waals surface area contributed by atoms with E-state index in [2.05, 4.69) is 0 Å². The van der Waals surface area contributed by atoms with Crippen molar-refractivity contribution in [2.75, 3.05) is 24.6 Å². The van der Waals surface area contributed by atoms with E-state index < -0.39 is 0 Å². The van der Waals surface area contributed by atoms with E-state index in [1.54, 1.807) is 0 Å². The van der Waals surface area contributed by atoms with Crippen LogP contribution in [0.15, 0.2) is 78.5 Å². The highest BCUT2D eigenvalue weighted by Crippen LogP contribution is 2.38. The van der Waals surface area contributed by atoms with Gasteiger partial charge in [-0.25, -0.2) is 4.90 Å². The first-order valence-electron chi connectivity index (χ1n) is 10.7. The normalized spacial score (nSPS) is 19.6. The molecule has 2 aliphatic rings. The number of carbonyl (C=O) groups is 2. The highest BCUT2D eigenvalue weighted by atomic mass is 16.3. The van der Waals surface area contributed by atoms with E-state index in [1.165, 1.54) is 4.90 Å². The molecule has 5 heteroatoms. The molecule has 1 unspecified atom stereocenters. The van der Waals surface area contributed by atoms with Gasteiger partial charge >= 0.3 is 0 Å². The second-order valence-electron chi connectivity index (χ2n) is 8.17. The molecule has 5 nitrogen and oxygen atoms in total. The van der Waals surface area contributed by atoms with Crippen LogP contribution >= 0.6 is 0 Å². The van der Waals surface area contributed by atoms with Gasteiger partial charge in [-0.05, 0) is 35.8 Å². The third-order valence-electron chi connectivity index (χ3n) is 6.22. The third-order valence-corrected chi connectivity index (χ3v) is 6.22. The van der Waals surface area contributed by atoms with E-state index in [1.807, 2.05) is 77.7 Å². The Balaban J connectivity index is 1.65. The number of aliphatic hydroxyl groups excluding tert-OH is 1. The van der Waals surface area contributed by atoms with Gasteiger partial charge in [0, 0.05) is 25.1 Å². The molecule has 31 heavy (non-hydrogen) atoms. The second-order valence-corrected chi connectivity index (χ2v) is 8.17. The number of hydrogen-bond acceptors (Lipinski definition) is 4. The van der Waals surface area contributed by atoms with Gasteiger partial charge in [-0.15, -0.1) is 0 Å². The second kappa shape index (κ2) is 8.00. The highest BCUT2D eigenvalue weighted by molar-refractivity contribution is 6.46. The number of amides is 2. The zero-order chi connectivity index (χ0) is 21.4. The molecule has 1 fully saturated rings. The zero-order valence-corrected chi connectivity index (χ0v) is 17.2. The lowest BCUT2D eigenvalue weighted by atomic mass is 9.97. The summed E-state index contributed by atoms with van der Waals surface area (Å²) in [6, 6.07) is 22.9. The molecule has 5 rings (SSSR count). The van der Waals surface area contributed by atoms with Crippen LogP contribution in [0, 0.1) is 5.92 Å².